The molecule has 0 aliphatic heterocycles. The van der Waals surface area contributed by atoms with Gasteiger partial charge in [0.2, 0.25) is 0 Å². The van der Waals surface area contributed by atoms with E-state index in [9.17, 15) is 17.6 Å². The molecular weight excluding hydrogens is 457 g/mol. The zero-order valence-corrected chi connectivity index (χ0v) is 19.1. The number of anilines is 2. The lowest BCUT2D eigenvalue weighted by Gasteiger charge is -2.17. The number of nitrogens with zero attached hydrogens (tertiary/aromatic N) is 1. The molecule has 4 aromatic rings. The zero-order chi connectivity index (χ0) is 23.9. The number of thiol groups is 1. The summed E-state index contributed by atoms with van der Waals surface area (Å²) in [5, 5.41) is 4.87. The molecule has 0 unspecified atom stereocenters. The Morgan fingerprint density at radius 1 is 1.03 bits per heavy atom. The fourth-order valence-electron chi connectivity index (χ4n) is 4.31. The number of benzene rings is 3. The fourth-order valence-corrected chi connectivity index (χ4v) is 4.61. The lowest BCUT2D eigenvalue weighted by molar-refractivity contribution is 0.102. The molecule has 2 N–H and O–H groups in total. The van der Waals surface area contributed by atoms with Crippen LogP contribution in [0, 0.1) is 5.82 Å². The molecule has 5 rings (SSSR count). The second-order valence-corrected chi connectivity index (χ2v) is 8.99. The molecule has 1 aromatic heterocycles. The van der Waals surface area contributed by atoms with Crippen molar-refractivity contribution in [1.82, 2.24) is 4.98 Å². The minimum Gasteiger partial charge on any atom is -0.350 e. The summed E-state index contributed by atoms with van der Waals surface area (Å²) >= 11 is 0. The molecule has 7 nitrogen and oxygen atoms in total. The summed E-state index contributed by atoms with van der Waals surface area (Å²) < 4.78 is 39.6. The monoisotopic (exact) mass is 479 g/mol. The van der Waals surface area contributed by atoms with E-state index in [1.807, 2.05) is 36.4 Å². The Morgan fingerprint density at radius 3 is 2.50 bits per heavy atom. The Balaban J connectivity index is 1.36. The molecule has 174 valence electrons. The molecule has 1 saturated carbocycles. The maximum atomic E-state index is 13.4. The van der Waals surface area contributed by atoms with Gasteiger partial charge in [0.1, 0.15) is 11.5 Å². The van der Waals surface area contributed by atoms with Crippen molar-refractivity contribution >= 4 is 39.2 Å². The number of amides is 1. The predicted molar refractivity (Wildman–Crippen MR) is 129 cm³/mol. The maximum absolute atomic E-state index is 13.4. The number of hydrogen-bond acceptors (Lipinski definition) is 5. The van der Waals surface area contributed by atoms with E-state index < -0.39 is 11.0 Å². The van der Waals surface area contributed by atoms with E-state index in [1.165, 1.54) is 19.2 Å². The summed E-state index contributed by atoms with van der Waals surface area (Å²) in [6.07, 6.45) is 1.94. The summed E-state index contributed by atoms with van der Waals surface area (Å²) in [5.41, 5.74) is 4.23. The number of halogens is 1. The molecule has 9 heteroatoms. The molecule has 0 bridgehead atoms. The number of hydroxylamine groups is 1. The number of H-pyrrole nitrogens is 1. The molecule has 1 aliphatic carbocycles. The Hall–Kier alpha value is -3.69. The predicted octanol–water partition coefficient (Wildman–Crippen LogP) is 4.53. The first-order valence-electron chi connectivity index (χ1n) is 10.7. The van der Waals surface area contributed by atoms with Crippen molar-refractivity contribution in [1.29, 1.82) is 0 Å². The van der Waals surface area contributed by atoms with E-state index >= 15 is 0 Å². The Kier molecular flexibility index (Phi) is 5.59. The molecule has 1 fully saturated rings. The van der Waals surface area contributed by atoms with Crippen molar-refractivity contribution in [2.24, 2.45) is 0 Å². The van der Waals surface area contributed by atoms with Gasteiger partial charge in [-0.25, -0.2) is 17.9 Å². The van der Waals surface area contributed by atoms with Gasteiger partial charge in [0, 0.05) is 29.1 Å². The summed E-state index contributed by atoms with van der Waals surface area (Å²) in [4.78, 5) is 16.0. The number of rotatable bonds is 7. The molecule has 0 spiro atoms. The van der Waals surface area contributed by atoms with Gasteiger partial charge in [-0.3, -0.25) is 4.79 Å². The normalized spacial score (nSPS) is 14.3. The average Bonchev–Trinajstić information content (AvgIpc) is 3.51. The van der Waals surface area contributed by atoms with Crippen LogP contribution in [0.2, 0.25) is 0 Å². The standard InChI is InChI=1S/C25H22FN3O4S/c1-29(33-34(31)32)21-10-5-16-13-23(28-22(16)15-21)24(30)27-20-4-2-3-18(14-20)25(11-12-25)17-6-8-19(26)9-7-17/h2-10,13-15,28,34H,11-12H2,1H3,(H,27,30). The molecule has 0 atom stereocenters. The van der Waals surface area contributed by atoms with Gasteiger partial charge in [0.15, 0.2) is 0 Å². The van der Waals surface area contributed by atoms with E-state index in [2.05, 4.69) is 14.6 Å². The molecule has 0 saturated heterocycles. The number of carbonyl (C=O) groups is 1. The molecule has 34 heavy (non-hydrogen) atoms. The summed E-state index contributed by atoms with van der Waals surface area (Å²) in [5.74, 6) is -0.556. The van der Waals surface area contributed by atoms with E-state index in [1.54, 1.807) is 24.3 Å². The first kappa shape index (κ1) is 22.1. The second kappa shape index (κ2) is 8.58. The first-order valence-corrected chi connectivity index (χ1v) is 11.8. The van der Waals surface area contributed by atoms with E-state index in [-0.39, 0.29) is 17.1 Å². The molecule has 0 radical (unpaired) electrons. The minimum atomic E-state index is -3.03. The van der Waals surface area contributed by atoms with Crippen LogP contribution in [0.15, 0.2) is 72.8 Å². The average molecular weight is 480 g/mol. The molecule has 1 aliphatic rings. The van der Waals surface area contributed by atoms with Crippen LogP contribution in [0.3, 0.4) is 0 Å². The Labute approximate surface area is 197 Å². The van der Waals surface area contributed by atoms with E-state index in [0.717, 1.165) is 34.4 Å². The van der Waals surface area contributed by atoms with Crippen molar-refractivity contribution in [2.45, 2.75) is 18.3 Å². The third-order valence-corrected chi connectivity index (χ3v) is 6.60. The second-order valence-electron chi connectivity index (χ2n) is 8.38. The molecule has 1 heterocycles. The highest BCUT2D eigenvalue weighted by Gasteiger charge is 2.45. The first-order chi connectivity index (χ1) is 16.3. The third kappa shape index (κ3) is 4.27. The van der Waals surface area contributed by atoms with Crippen LogP contribution in [0.5, 0.6) is 0 Å². The quantitative estimate of drug-likeness (QED) is 0.268. The van der Waals surface area contributed by atoms with Crippen LogP contribution in [-0.2, 0) is 20.7 Å². The lowest BCUT2D eigenvalue weighted by atomic mass is 9.88. The van der Waals surface area contributed by atoms with Gasteiger partial charge in [-0.05, 0) is 66.4 Å². The molecular formula is C25H22FN3O4S. The summed E-state index contributed by atoms with van der Waals surface area (Å²) in [6.45, 7) is 0. The van der Waals surface area contributed by atoms with Crippen LogP contribution in [0.1, 0.15) is 34.5 Å². The number of fused-ring (bicyclic) bond motifs is 1. The summed E-state index contributed by atoms with van der Waals surface area (Å²) in [6, 6.07) is 21.2. The smallest absolute Gasteiger partial charge is 0.277 e. The van der Waals surface area contributed by atoms with Gasteiger partial charge in [-0.2, -0.15) is 4.28 Å². The molecule has 3 aromatic carbocycles. The van der Waals surface area contributed by atoms with Crippen LogP contribution in [0.25, 0.3) is 10.9 Å². The highest BCUT2D eigenvalue weighted by atomic mass is 32.2. The third-order valence-electron chi connectivity index (χ3n) is 6.22. The Morgan fingerprint density at radius 2 is 1.79 bits per heavy atom. The number of aromatic amines is 1. The SMILES string of the molecule is CN(O[SH](=O)=O)c1ccc2cc(C(=O)Nc3cccc(C4(c5ccc(F)cc5)CC4)c3)[nH]c2c1. The van der Waals surface area contributed by atoms with Crippen LogP contribution in [0.4, 0.5) is 15.8 Å². The van der Waals surface area contributed by atoms with Crippen LogP contribution >= 0.6 is 0 Å². The van der Waals surface area contributed by atoms with Gasteiger partial charge in [-0.15, -0.1) is 0 Å². The topological polar surface area (TPSA) is 91.5 Å². The fraction of sp³-hybridized carbons (Fsp3) is 0.160. The number of aromatic nitrogens is 1. The van der Waals surface area contributed by atoms with Crippen molar-refractivity contribution < 1.29 is 21.9 Å². The largest absolute Gasteiger partial charge is 0.350 e. The van der Waals surface area contributed by atoms with Gasteiger partial charge in [0.05, 0.1) is 5.69 Å². The number of carbonyl (C=O) groups excluding carboxylic acids is 1. The number of hydrogen-bond donors (Lipinski definition) is 3. The van der Waals surface area contributed by atoms with Crippen molar-refractivity contribution in [3.63, 3.8) is 0 Å². The van der Waals surface area contributed by atoms with Gasteiger partial charge < -0.3 is 10.3 Å². The van der Waals surface area contributed by atoms with Crippen molar-refractivity contribution in [3.05, 3.63) is 95.4 Å². The van der Waals surface area contributed by atoms with Crippen molar-refractivity contribution in [2.75, 3.05) is 17.4 Å². The number of nitrogens with one attached hydrogen (secondary N) is 2. The van der Waals surface area contributed by atoms with Gasteiger partial charge >= 0.3 is 0 Å². The Bertz CT molecular complexity index is 1450. The van der Waals surface area contributed by atoms with E-state index in [0.29, 0.717) is 22.6 Å². The highest BCUT2D eigenvalue weighted by molar-refractivity contribution is 7.67. The molecule has 1 amide bonds. The van der Waals surface area contributed by atoms with E-state index in [4.69, 9.17) is 0 Å². The maximum Gasteiger partial charge on any atom is 0.277 e. The summed E-state index contributed by atoms with van der Waals surface area (Å²) in [7, 11) is -1.55. The van der Waals surface area contributed by atoms with Gasteiger partial charge in [0.25, 0.3) is 16.9 Å². The van der Waals surface area contributed by atoms with Gasteiger partial charge in [-0.1, -0.05) is 30.3 Å². The lowest BCUT2D eigenvalue weighted by Crippen LogP contribution is -2.16. The van der Waals surface area contributed by atoms with Crippen molar-refractivity contribution in [3.8, 4) is 0 Å². The highest BCUT2D eigenvalue weighted by Crippen LogP contribution is 2.53. The zero-order valence-electron chi connectivity index (χ0n) is 18.2. The van der Waals surface area contributed by atoms with Crippen LogP contribution < -0.4 is 10.4 Å². The minimum absolute atomic E-state index is 0.144. The van der Waals surface area contributed by atoms with Crippen LogP contribution in [-0.4, -0.2) is 26.4 Å².